The minimum atomic E-state index is 0.838. The molecule has 0 amide bonds. The maximum Gasteiger partial charge on any atom is -0.0162 e. The molecule has 0 spiro atoms. The van der Waals surface area contributed by atoms with Crippen LogP contribution in [0.3, 0.4) is 0 Å². The first-order valence-corrected chi connectivity index (χ1v) is 12.7. The van der Waals surface area contributed by atoms with Gasteiger partial charge in [-0.1, -0.05) is 75.3 Å². The molecule has 3 aliphatic carbocycles. The van der Waals surface area contributed by atoms with E-state index in [1.807, 2.05) is 0 Å². The average Bonchev–Trinajstić information content (AvgIpc) is 2.74. The standard InChI is InChI=1S/C28H44/c1-21-3-13-25(14-4-21)27-17-9-23(10-18-27)7-8-24-11-19-28(20-12-24)26-15-5-22(2)6-16-26/h3-4,13-14,22-24,26-28H,5-12,15-20H2,1-2H3. The smallest absolute Gasteiger partial charge is 0.0162 e. The maximum absolute atomic E-state index is 2.46. The van der Waals surface area contributed by atoms with Crippen molar-refractivity contribution in [3.05, 3.63) is 35.4 Å². The Hall–Kier alpha value is -0.780. The van der Waals surface area contributed by atoms with Gasteiger partial charge in [-0.2, -0.15) is 0 Å². The van der Waals surface area contributed by atoms with Crippen LogP contribution in [0.5, 0.6) is 0 Å². The van der Waals surface area contributed by atoms with Crippen molar-refractivity contribution in [3.8, 4) is 0 Å². The fourth-order valence-electron chi connectivity index (χ4n) is 6.80. The number of hydrogen-bond acceptors (Lipinski definition) is 0. The van der Waals surface area contributed by atoms with Gasteiger partial charge < -0.3 is 0 Å². The van der Waals surface area contributed by atoms with Gasteiger partial charge in [0.05, 0.1) is 0 Å². The number of rotatable bonds is 5. The third-order valence-corrected chi connectivity index (χ3v) is 9.00. The third kappa shape index (κ3) is 5.43. The van der Waals surface area contributed by atoms with Gasteiger partial charge in [0.25, 0.3) is 0 Å². The van der Waals surface area contributed by atoms with Crippen LogP contribution in [0.2, 0.25) is 0 Å². The van der Waals surface area contributed by atoms with Gasteiger partial charge in [-0.15, -0.1) is 0 Å². The maximum atomic E-state index is 2.46. The first-order valence-electron chi connectivity index (χ1n) is 12.7. The van der Waals surface area contributed by atoms with Gasteiger partial charge in [-0.25, -0.2) is 0 Å². The topological polar surface area (TPSA) is 0 Å². The molecular weight excluding hydrogens is 336 g/mol. The predicted octanol–water partition coefficient (Wildman–Crippen LogP) is 8.68. The summed E-state index contributed by atoms with van der Waals surface area (Å²) in [6.45, 7) is 4.66. The van der Waals surface area contributed by atoms with Crippen LogP contribution in [0.1, 0.15) is 114 Å². The van der Waals surface area contributed by atoms with Gasteiger partial charge in [-0.3, -0.25) is 0 Å². The molecule has 0 aliphatic heterocycles. The SMILES string of the molecule is Cc1ccc(C2CCC(CCC3CCC(C4CCC(C)CC4)CC3)CC2)cc1. The van der Waals surface area contributed by atoms with Crippen molar-refractivity contribution in [1.82, 2.24) is 0 Å². The number of hydrogen-bond donors (Lipinski definition) is 0. The molecule has 0 bridgehead atoms. The molecule has 4 rings (SSSR count). The third-order valence-electron chi connectivity index (χ3n) is 9.00. The lowest BCUT2D eigenvalue weighted by molar-refractivity contribution is 0.143. The van der Waals surface area contributed by atoms with E-state index in [1.165, 1.54) is 56.9 Å². The number of benzene rings is 1. The summed E-state index contributed by atoms with van der Waals surface area (Å²) in [6.07, 6.45) is 21.2. The van der Waals surface area contributed by atoms with Crippen molar-refractivity contribution < 1.29 is 0 Å². The van der Waals surface area contributed by atoms with Crippen molar-refractivity contribution in [2.24, 2.45) is 29.6 Å². The van der Waals surface area contributed by atoms with Crippen LogP contribution < -0.4 is 0 Å². The Morgan fingerprint density at radius 2 is 1.07 bits per heavy atom. The molecule has 1 aromatic rings. The van der Waals surface area contributed by atoms with E-state index in [-0.39, 0.29) is 0 Å². The van der Waals surface area contributed by atoms with E-state index in [2.05, 4.69) is 38.1 Å². The Bertz CT molecular complexity index is 561. The highest BCUT2D eigenvalue weighted by atomic mass is 14.4. The molecule has 0 saturated heterocycles. The Morgan fingerprint density at radius 1 is 0.607 bits per heavy atom. The minimum absolute atomic E-state index is 0.838. The molecule has 0 radical (unpaired) electrons. The predicted molar refractivity (Wildman–Crippen MR) is 122 cm³/mol. The summed E-state index contributed by atoms with van der Waals surface area (Å²) >= 11 is 0. The Balaban J connectivity index is 1.13. The molecule has 3 fully saturated rings. The summed E-state index contributed by atoms with van der Waals surface area (Å²) < 4.78 is 0. The summed E-state index contributed by atoms with van der Waals surface area (Å²) in [5.74, 6) is 6.12. The van der Waals surface area contributed by atoms with Crippen LogP contribution in [0.25, 0.3) is 0 Å². The lowest BCUT2D eigenvalue weighted by Gasteiger charge is -2.37. The van der Waals surface area contributed by atoms with E-state index in [1.54, 1.807) is 44.1 Å². The second kappa shape index (κ2) is 9.82. The van der Waals surface area contributed by atoms with E-state index in [0.717, 1.165) is 35.5 Å². The van der Waals surface area contributed by atoms with Crippen molar-refractivity contribution in [3.63, 3.8) is 0 Å². The summed E-state index contributed by atoms with van der Waals surface area (Å²) in [6, 6.07) is 9.36. The Kier molecular flexibility index (Phi) is 7.18. The molecule has 0 nitrogen and oxygen atoms in total. The zero-order chi connectivity index (χ0) is 19.3. The number of aryl methyl sites for hydroxylation is 1. The summed E-state index contributed by atoms with van der Waals surface area (Å²) in [7, 11) is 0. The molecular formula is C28H44. The fourth-order valence-corrected chi connectivity index (χ4v) is 6.80. The van der Waals surface area contributed by atoms with Gasteiger partial charge in [0.15, 0.2) is 0 Å². The Morgan fingerprint density at radius 3 is 1.61 bits per heavy atom. The molecule has 28 heavy (non-hydrogen) atoms. The molecule has 0 unspecified atom stereocenters. The zero-order valence-corrected chi connectivity index (χ0v) is 18.7. The van der Waals surface area contributed by atoms with Crippen LogP contribution in [0, 0.1) is 36.5 Å². The highest BCUT2D eigenvalue weighted by Crippen LogP contribution is 2.43. The van der Waals surface area contributed by atoms with E-state index < -0.39 is 0 Å². The average molecular weight is 381 g/mol. The van der Waals surface area contributed by atoms with Gasteiger partial charge in [0.1, 0.15) is 0 Å². The van der Waals surface area contributed by atoms with Crippen molar-refractivity contribution in [2.75, 3.05) is 0 Å². The Labute approximate surface area is 174 Å². The molecule has 3 aliphatic rings. The van der Waals surface area contributed by atoms with Crippen molar-refractivity contribution in [1.29, 1.82) is 0 Å². The lowest BCUT2D eigenvalue weighted by atomic mass is 9.68. The minimum Gasteiger partial charge on any atom is -0.0625 e. The first-order chi connectivity index (χ1) is 13.7. The van der Waals surface area contributed by atoms with Gasteiger partial charge in [-0.05, 0) is 99.4 Å². The van der Waals surface area contributed by atoms with Crippen LogP contribution in [-0.2, 0) is 0 Å². The van der Waals surface area contributed by atoms with E-state index in [9.17, 15) is 0 Å². The van der Waals surface area contributed by atoms with Crippen LogP contribution >= 0.6 is 0 Å². The molecule has 0 heterocycles. The molecule has 0 N–H and O–H groups in total. The monoisotopic (exact) mass is 380 g/mol. The molecule has 3 saturated carbocycles. The second-order valence-corrected chi connectivity index (χ2v) is 11.0. The van der Waals surface area contributed by atoms with E-state index in [0.29, 0.717) is 0 Å². The molecule has 0 heteroatoms. The summed E-state index contributed by atoms with van der Waals surface area (Å²) in [5.41, 5.74) is 2.99. The van der Waals surface area contributed by atoms with Gasteiger partial charge >= 0.3 is 0 Å². The van der Waals surface area contributed by atoms with Crippen LogP contribution in [0.4, 0.5) is 0 Å². The molecule has 0 atom stereocenters. The second-order valence-electron chi connectivity index (χ2n) is 11.0. The quantitative estimate of drug-likeness (QED) is 0.479. The van der Waals surface area contributed by atoms with E-state index >= 15 is 0 Å². The van der Waals surface area contributed by atoms with Gasteiger partial charge in [0.2, 0.25) is 0 Å². The summed E-state index contributed by atoms with van der Waals surface area (Å²) in [4.78, 5) is 0. The highest BCUT2D eigenvalue weighted by molar-refractivity contribution is 5.24. The van der Waals surface area contributed by atoms with Crippen molar-refractivity contribution in [2.45, 2.75) is 110 Å². The van der Waals surface area contributed by atoms with Crippen molar-refractivity contribution >= 4 is 0 Å². The molecule has 0 aromatic heterocycles. The first kappa shape index (κ1) is 20.5. The summed E-state index contributed by atoms with van der Waals surface area (Å²) in [5, 5.41) is 0. The zero-order valence-electron chi connectivity index (χ0n) is 18.7. The van der Waals surface area contributed by atoms with Crippen LogP contribution in [0.15, 0.2) is 24.3 Å². The largest absolute Gasteiger partial charge is 0.0625 e. The fraction of sp³-hybridized carbons (Fsp3) is 0.786. The highest BCUT2D eigenvalue weighted by Gasteiger charge is 2.30. The normalized spacial score (nSPS) is 36.9. The molecule has 1 aromatic carbocycles. The lowest BCUT2D eigenvalue weighted by Crippen LogP contribution is -2.25. The van der Waals surface area contributed by atoms with Gasteiger partial charge in [0, 0.05) is 0 Å². The molecule has 156 valence electrons. The van der Waals surface area contributed by atoms with Crippen LogP contribution in [-0.4, -0.2) is 0 Å². The van der Waals surface area contributed by atoms with E-state index in [4.69, 9.17) is 0 Å².